The molecule has 2 nitrogen and oxygen atoms in total. The van der Waals surface area contributed by atoms with Gasteiger partial charge in [-0.1, -0.05) is 60.7 Å². The van der Waals surface area contributed by atoms with Gasteiger partial charge in [0.1, 0.15) is 0 Å². The first-order valence-corrected chi connectivity index (χ1v) is 5.55. The monoisotopic (exact) mass is 214 g/mol. The van der Waals surface area contributed by atoms with Gasteiger partial charge in [0.2, 0.25) is 0 Å². The molecule has 0 fully saturated rings. The van der Waals surface area contributed by atoms with Crippen molar-refractivity contribution in [1.29, 1.82) is 0 Å². The van der Waals surface area contributed by atoms with Gasteiger partial charge in [-0.25, -0.2) is 0 Å². The van der Waals surface area contributed by atoms with Crippen molar-refractivity contribution >= 4 is 0 Å². The van der Waals surface area contributed by atoms with Gasteiger partial charge < -0.3 is 11.5 Å². The molecule has 2 aromatic carbocycles. The number of rotatable bonds is 3. The Hall–Kier alpha value is -1.64. The van der Waals surface area contributed by atoms with Crippen LogP contribution >= 0.6 is 0 Å². The van der Waals surface area contributed by atoms with E-state index in [0.717, 1.165) is 0 Å². The molecule has 0 bridgehead atoms. The van der Waals surface area contributed by atoms with Crippen LogP contribution in [0.1, 0.15) is 23.2 Å². The largest absolute Gasteiger partial charge is 0.346 e. The van der Waals surface area contributed by atoms with Crippen molar-refractivity contribution in [2.75, 3.05) is 0 Å². The molecule has 0 aromatic heterocycles. The lowest BCUT2D eigenvalue weighted by Gasteiger charge is -2.14. The molecule has 0 saturated carbocycles. The Morgan fingerprint density at radius 1 is 0.562 bits per heavy atom. The second kappa shape index (κ2) is 4.92. The summed E-state index contributed by atoms with van der Waals surface area (Å²) in [6.07, 6.45) is 0. The standard InChI is InChI=1S/C14H16N2/c15-13(11-7-3-1-4-8-11)14(16)12-9-5-2-6-10-12/h1-10,13-14H,15-16H2/p+2. The predicted molar refractivity (Wildman–Crippen MR) is 64.1 cm³/mol. The number of hydrogen-bond acceptors (Lipinski definition) is 0. The molecule has 2 rings (SSSR count). The van der Waals surface area contributed by atoms with Gasteiger partial charge >= 0.3 is 0 Å². The molecular formula is C14H18N2+2. The SMILES string of the molecule is [NH3+]C(c1ccccc1)C([NH3+])c1ccccc1. The van der Waals surface area contributed by atoms with Crippen molar-refractivity contribution in [1.82, 2.24) is 0 Å². The van der Waals surface area contributed by atoms with Crippen LogP contribution in [0.4, 0.5) is 0 Å². The predicted octanol–water partition coefficient (Wildman–Crippen LogP) is 0.953. The summed E-state index contributed by atoms with van der Waals surface area (Å²) in [5.41, 5.74) is 10.9. The van der Waals surface area contributed by atoms with E-state index >= 15 is 0 Å². The summed E-state index contributed by atoms with van der Waals surface area (Å²) >= 11 is 0. The molecule has 2 atom stereocenters. The highest BCUT2D eigenvalue weighted by atomic mass is 14.8. The van der Waals surface area contributed by atoms with E-state index in [9.17, 15) is 0 Å². The molecule has 0 aliphatic carbocycles. The van der Waals surface area contributed by atoms with Crippen LogP contribution in [0.2, 0.25) is 0 Å². The first-order chi connectivity index (χ1) is 7.79. The van der Waals surface area contributed by atoms with E-state index in [2.05, 4.69) is 35.7 Å². The zero-order valence-electron chi connectivity index (χ0n) is 9.34. The third kappa shape index (κ3) is 2.30. The van der Waals surface area contributed by atoms with E-state index in [0.29, 0.717) is 0 Å². The van der Waals surface area contributed by atoms with Gasteiger partial charge in [0.25, 0.3) is 0 Å². The van der Waals surface area contributed by atoms with Gasteiger partial charge in [0.05, 0.1) is 0 Å². The summed E-state index contributed by atoms with van der Waals surface area (Å²) in [4.78, 5) is 0. The van der Waals surface area contributed by atoms with E-state index in [4.69, 9.17) is 0 Å². The van der Waals surface area contributed by atoms with Crippen LogP contribution in [0.25, 0.3) is 0 Å². The summed E-state index contributed by atoms with van der Waals surface area (Å²) in [7, 11) is 0. The van der Waals surface area contributed by atoms with E-state index in [1.807, 2.05) is 36.4 Å². The normalized spacial score (nSPS) is 14.4. The summed E-state index contributed by atoms with van der Waals surface area (Å²) in [6.45, 7) is 0. The summed E-state index contributed by atoms with van der Waals surface area (Å²) < 4.78 is 0. The molecule has 2 heteroatoms. The molecule has 0 spiro atoms. The lowest BCUT2D eigenvalue weighted by molar-refractivity contribution is -0.540. The van der Waals surface area contributed by atoms with Gasteiger partial charge in [-0.15, -0.1) is 0 Å². The topological polar surface area (TPSA) is 55.3 Å². The zero-order chi connectivity index (χ0) is 11.4. The molecule has 0 aliphatic heterocycles. The van der Waals surface area contributed by atoms with Crippen LogP contribution in [0.15, 0.2) is 60.7 Å². The first kappa shape index (κ1) is 10.9. The van der Waals surface area contributed by atoms with Gasteiger partial charge in [-0.2, -0.15) is 0 Å². The van der Waals surface area contributed by atoms with Crippen LogP contribution in [0.5, 0.6) is 0 Å². The molecule has 0 saturated heterocycles. The fraction of sp³-hybridized carbons (Fsp3) is 0.143. The van der Waals surface area contributed by atoms with Crippen LogP contribution in [0, 0.1) is 0 Å². The highest BCUT2D eigenvalue weighted by Crippen LogP contribution is 2.20. The lowest BCUT2D eigenvalue weighted by Crippen LogP contribution is -2.68. The third-order valence-corrected chi connectivity index (χ3v) is 2.94. The smallest absolute Gasteiger partial charge is 0.167 e. The zero-order valence-corrected chi connectivity index (χ0v) is 9.34. The van der Waals surface area contributed by atoms with Crippen molar-refractivity contribution in [3.63, 3.8) is 0 Å². The Morgan fingerprint density at radius 3 is 1.19 bits per heavy atom. The highest BCUT2D eigenvalue weighted by molar-refractivity contribution is 5.23. The maximum atomic E-state index is 4.22. The average molecular weight is 214 g/mol. The molecule has 16 heavy (non-hydrogen) atoms. The Labute approximate surface area is 95.9 Å². The third-order valence-electron chi connectivity index (χ3n) is 2.94. The molecule has 0 radical (unpaired) electrons. The Bertz CT molecular complexity index is 382. The van der Waals surface area contributed by atoms with Crippen LogP contribution in [-0.2, 0) is 0 Å². The fourth-order valence-corrected chi connectivity index (χ4v) is 1.87. The summed E-state index contributed by atoms with van der Waals surface area (Å²) in [6, 6.07) is 21.1. The lowest BCUT2D eigenvalue weighted by atomic mass is 9.95. The molecule has 2 aromatic rings. The van der Waals surface area contributed by atoms with Crippen LogP contribution in [-0.4, -0.2) is 0 Å². The Morgan fingerprint density at radius 2 is 0.875 bits per heavy atom. The maximum Gasteiger partial charge on any atom is 0.167 e. The molecule has 0 amide bonds. The molecular weight excluding hydrogens is 196 g/mol. The second-order valence-electron chi connectivity index (χ2n) is 4.03. The maximum absolute atomic E-state index is 4.22. The van der Waals surface area contributed by atoms with E-state index in [-0.39, 0.29) is 12.1 Å². The Balaban J connectivity index is 2.20. The summed E-state index contributed by atoms with van der Waals surface area (Å²) in [5.74, 6) is 0. The van der Waals surface area contributed by atoms with Crippen molar-refractivity contribution in [2.45, 2.75) is 12.1 Å². The van der Waals surface area contributed by atoms with Gasteiger partial charge in [-0.05, 0) is 0 Å². The minimum absolute atomic E-state index is 0.198. The molecule has 2 unspecified atom stereocenters. The van der Waals surface area contributed by atoms with E-state index in [1.54, 1.807) is 0 Å². The van der Waals surface area contributed by atoms with Gasteiger partial charge in [0, 0.05) is 11.1 Å². The van der Waals surface area contributed by atoms with Gasteiger partial charge in [-0.3, -0.25) is 0 Å². The first-order valence-electron chi connectivity index (χ1n) is 5.55. The molecule has 0 heterocycles. The second-order valence-corrected chi connectivity index (χ2v) is 4.03. The fourth-order valence-electron chi connectivity index (χ4n) is 1.87. The van der Waals surface area contributed by atoms with E-state index in [1.165, 1.54) is 11.1 Å². The highest BCUT2D eigenvalue weighted by Gasteiger charge is 2.23. The molecule has 6 N–H and O–H groups in total. The van der Waals surface area contributed by atoms with E-state index < -0.39 is 0 Å². The quantitative estimate of drug-likeness (QED) is 0.764. The minimum Gasteiger partial charge on any atom is -0.346 e. The van der Waals surface area contributed by atoms with Crippen molar-refractivity contribution in [2.24, 2.45) is 0 Å². The summed E-state index contributed by atoms with van der Waals surface area (Å²) in [5, 5.41) is 0. The number of hydrogen-bond donors (Lipinski definition) is 2. The van der Waals surface area contributed by atoms with Crippen molar-refractivity contribution in [3.8, 4) is 0 Å². The van der Waals surface area contributed by atoms with Crippen molar-refractivity contribution < 1.29 is 11.5 Å². The molecule has 82 valence electrons. The Kier molecular flexibility index (Phi) is 3.34. The molecule has 0 aliphatic rings. The number of benzene rings is 2. The van der Waals surface area contributed by atoms with Crippen LogP contribution < -0.4 is 11.5 Å². The number of quaternary nitrogens is 2. The average Bonchev–Trinajstić information content (AvgIpc) is 2.39. The minimum atomic E-state index is 0.198. The van der Waals surface area contributed by atoms with Crippen LogP contribution in [0.3, 0.4) is 0 Å². The van der Waals surface area contributed by atoms with Gasteiger partial charge in [0.15, 0.2) is 12.1 Å². The van der Waals surface area contributed by atoms with Crippen molar-refractivity contribution in [3.05, 3.63) is 71.8 Å².